The maximum atomic E-state index is 11.9. The minimum atomic E-state index is -3.50. The largest absolute Gasteiger partial charge is 0.332 e. The summed E-state index contributed by atoms with van der Waals surface area (Å²) >= 11 is 5.16. The minimum Gasteiger partial charge on any atom is -0.332 e. The third-order valence-electron chi connectivity index (χ3n) is 3.09. The average molecular weight is 380 g/mol. The number of nitro benzene ring substituents is 1. The molecule has 0 aromatic heterocycles. The third kappa shape index (κ3) is 5.21. The molecular formula is C15H16N4O4S2. The molecule has 8 nitrogen and oxygen atoms in total. The molecule has 0 radical (unpaired) electrons. The summed E-state index contributed by atoms with van der Waals surface area (Å²) in [5.74, 6) is 0. The molecule has 0 amide bonds. The van der Waals surface area contributed by atoms with E-state index in [1.54, 1.807) is 19.1 Å². The fraction of sp³-hybridized carbons (Fsp3) is 0.133. The zero-order valence-electron chi connectivity index (χ0n) is 13.2. The van der Waals surface area contributed by atoms with Gasteiger partial charge in [-0.25, -0.2) is 13.1 Å². The highest BCUT2D eigenvalue weighted by molar-refractivity contribution is 7.89. The Labute approximate surface area is 150 Å². The van der Waals surface area contributed by atoms with E-state index in [-0.39, 0.29) is 15.7 Å². The molecule has 0 saturated carbocycles. The van der Waals surface area contributed by atoms with E-state index < -0.39 is 14.9 Å². The van der Waals surface area contributed by atoms with Gasteiger partial charge in [0, 0.05) is 30.1 Å². The van der Waals surface area contributed by atoms with Gasteiger partial charge in [0.25, 0.3) is 5.69 Å². The molecule has 0 aliphatic heterocycles. The minimum absolute atomic E-state index is 0.0121. The number of anilines is 2. The van der Waals surface area contributed by atoms with Crippen molar-refractivity contribution in [3.8, 4) is 0 Å². The number of hydrogen-bond acceptors (Lipinski definition) is 5. The summed E-state index contributed by atoms with van der Waals surface area (Å²) in [7, 11) is -3.50. The summed E-state index contributed by atoms with van der Waals surface area (Å²) in [6, 6.07) is 11.9. The normalized spacial score (nSPS) is 10.9. The Morgan fingerprint density at radius 1 is 1.04 bits per heavy atom. The first-order chi connectivity index (χ1) is 11.8. The molecule has 0 unspecified atom stereocenters. The molecule has 0 saturated heterocycles. The Bertz CT molecular complexity index is 865. The van der Waals surface area contributed by atoms with E-state index in [0.717, 1.165) is 0 Å². The quantitative estimate of drug-likeness (QED) is 0.401. The standard InChI is InChI=1S/C15H16N4O4S2/c1-2-16-25(22,23)14-9-5-12(6-10-14)18-15(24)17-11-3-7-13(8-4-11)19(20)21/h3-10,16H,2H2,1H3,(H2,17,18,24). The van der Waals surface area contributed by atoms with Crippen molar-refractivity contribution < 1.29 is 13.3 Å². The molecule has 132 valence electrons. The predicted octanol–water partition coefficient (Wildman–Crippen LogP) is 2.70. The van der Waals surface area contributed by atoms with E-state index in [2.05, 4.69) is 15.4 Å². The van der Waals surface area contributed by atoms with Crippen LogP contribution in [0.3, 0.4) is 0 Å². The van der Waals surface area contributed by atoms with Crippen LogP contribution in [-0.4, -0.2) is 25.0 Å². The second-order valence-electron chi connectivity index (χ2n) is 4.91. The zero-order chi connectivity index (χ0) is 18.4. The van der Waals surface area contributed by atoms with Crippen molar-refractivity contribution in [2.75, 3.05) is 17.2 Å². The van der Waals surface area contributed by atoms with E-state index in [1.807, 2.05) is 0 Å². The lowest BCUT2D eigenvalue weighted by molar-refractivity contribution is -0.384. The van der Waals surface area contributed by atoms with Gasteiger partial charge in [0.2, 0.25) is 10.0 Å². The summed E-state index contributed by atoms with van der Waals surface area (Å²) in [5, 5.41) is 16.7. The number of hydrogen-bond donors (Lipinski definition) is 3. The van der Waals surface area contributed by atoms with Crippen LogP contribution in [0.2, 0.25) is 0 Å². The van der Waals surface area contributed by atoms with Crippen LogP contribution >= 0.6 is 12.2 Å². The third-order valence-corrected chi connectivity index (χ3v) is 4.86. The van der Waals surface area contributed by atoms with Crippen molar-refractivity contribution in [2.24, 2.45) is 0 Å². The van der Waals surface area contributed by atoms with Crippen LogP contribution < -0.4 is 15.4 Å². The molecular weight excluding hydrogens is 364 g/mol. The summed E-state index contributed by atoms with van der Waals surface area (Å²) in [6.07, 6.45) is 0. The number of nitro groups is 1. The fourth-order valence-electron chi connectivity index (χ4n) is 1.95. The van der Waals surface area contributed by atoms with Gasteiger partial charge in [0.1, 0.15) is 0 Å². The Kier molecular flexibility index (Phi) is 6.02. The molecule has 0 spiro atoms. The van der Waals surface area contributed by atoms with E-state index in [0.29, 0.717) is 17.9 Å². The second-order valence-corrected chi connectivity index (χ2v) is 7.08. The average Bonchev–Trinajstić information content (AvgIpc) is 2.55. The lowest BCUT2D eigenvalue weighted by Crippen LogP contribution is -2.23. The number of nitrogens with zero attached hydrogens (tertiary/aromatic N) is 1. The number of benzene rings is 2. The SMILES string of the molecule is CCNS(=O)(=O)c1ccc(NC(=S)Nc2ccc([N+](=O)[O-])cc2)cc1. The van der Waals surface area contributed by atoms with Crippen LogP contribution in [0.1, 0.15) is 6.92 Å². The molecule has 0 heterocycles. The van der Waals surface area contributed by atoms with E-state index in [4.69, 9.17) is 12.2 Å². The Hall–Kier alpha value is -2.56. The smallest absolute Gasteiger partial charge is 0.269 e. The highest BCUT2D eigenvalue weighted by Gasteiger charge is 2.12. The van der Waals surface area contributed by atoms with Crippen LogP contribution in [0.25, 0.3) is 0 Å². The predicted molar refractivity (Wildman–Crippen MR) is 100 cm³/mol. The van der Waals surface area contributed by atoms with Gasteiger partial charge < -0.3 is 10.6 Å². The van der Waals surface area contributed by atoms with E-state index >= 15 is 0 Å². The molecule has 2 aromatic carbocycles. The van der Waals surface area contributed by atoms with Gasteiger partial charge >= 0.3 is 0 Å². The first-order valence-corrected chi connectivity index (χ1v) is 9.13. The van der Waals surface area contributed by atoms with Crippen molar-refractivity contribution in [1.82, 2.24) is 4.72 Å². The second kappa shape index (κ2) is 8.01. The summed E-state index contributed by atoms with van der Waals surface area (Å²) in [6.45, 7) is 2.02. The molecule has 2 rings (SSSR count). The molecule has 25 heavy (non-hydrogen) atoms. The first-order valence-electron chi connectivity index (χ1n) is 7.24. The Morgan fingerprint density at radius 2 is 1.52 bits per heavy atom. The van der Waals surface area contributed by atoms with Gasteiger partial charge in [0.15, 0.2) is 5.11 Å². The van der Waals surface area contributed by atoms with Gasteiger partial charge in [0.05, 0.1) is 9.82 Å². The first kappa shape index (κ1) is 18.8. The van der Waals surface area contributed by atoms with Gasteiger partial charge in [-0.05, 0) is 48.6 Å². The topological polar surface area (TPSA) is 113 Å². The highest BCUT2D eigenvalue weighted by atomic mass is 32.2. The highest BCUT2D eigenvalue weighted by Crippen LogP contribution is 2.17. The Balaban J connectivity index is 1.99. The molecule has 0 fully saturated rings. The number of sulfonamides is 1. The van der Waals surface area contributed by atoms with Crippen LogP contribution in [0, 0.1) is 10.1 Å². The lowest BCUT2D eigenvalue weighted by atomic mass is 10.3. The van der Waals surface area contributed by atoms with E-state index in [1.165, 1.54) is 36.4 Å². The molecule has 0 aliphatic carbocycles. The summed E-state index contributed by atoms with van der Waals surface area (Å²) in [4.78, 5) is 10.3. The molecule has 3 N–H and O–H groups in total. The van der Waals surface area contributed by atoms with Crippen LogP contribution in [0.15, 0.2) is 53.4 Å². The number of thiocarbonyl (C=S) groups is 1. The van der Waals surface area contributed by atoms with Gasteiger partial charge in [-0.2, -0.15) is 0 Å². The van der Waals surface area contributed by atoms with Gasteiger partial charge in [-0.15, -0.1) is 0 Å². The van der Waals surface area contributed by atoms with Gasteiger partial charge in [-0.3, -0.25) is 10.1 Å². The van der Waals surface area contributed by atoms with Crippen LogP contribution in [-0.2, 0) is 10.0 Å². The molecule has 0 aliphatic rings. The van der Waals surface area contributed by atoms with Crippen molar-refractivity contribution in [1.29, 1.82) is 0 Å². The molecule has 0 atom stereocenters. The number of rotatable bonds is 6. The summed E-state index contributed by atoms with van der Waals surface area (Å²) < 4.78 is 26.1. The van der Waals surface area contributed by atoms with Gasteiger partial charge in [-0.1, -0.05) is 6.92 Å². The zero-order valence-corrected chi connectivity index (χ0v) is 14.9. The lowest BCUT2D eigenvalue weighted by Gasteiger charge is -2.11. The van der Waals surface area contributed by atoms with Crippen molar-refractivity contribution >= 4 is 44.4 Å². The maximum absolute atomic E-state index is 11.9. The van der Waals surface area contributed by atoms with Crippen molar-refractivity contribution in [3.05, 3.63) is 58.6 Å². The maximum Gasteiger partial charge on any atom is 0.269 e. The number of non-ortho nitro benzene ring substituents is 1. The summed E-state index contributed by atoms with van der Waals surface area (Å²) in [5.41, 5.74) is 1.19. The van der Waals surface area contributed by atoms with E-state index in [9.17, 15) is 18.5 Å². The molecule has 2 aromatic rings. The fourth-order valence-corrected chi connectivity index (χ4v) is 3.23. The van der Waals surface area contributed by atoms with Crippen molar-refractivity contribution in [2.45, 2.75) is 11.8 Å². The van der Waals surface area contributed by atoms with Crippen molar-refractivity contribution in [3.63, 3.8) is 0 Å². The Morgan fingerprint density at radius 3 is 1.96 bits per heavy atom. The molecule has 10 heteroatoms. The van der Waals surface area contributed by atoms with Crippen LogP contribution in [0.5, 0.6) is 0 Å². The molecule has 0 bridgehead atoms. The van der Waals surface area contributed by atoms with Crippen LogP contribution in [0.4, 0.5) is 17.1 Å². The number of nitrogens with one attached hydrogen (secondary N) is 3. The monoisotopic (exact) mass is 380 g/mol.